The zero-order valence-corrected chi connectivity index (χ0v) is 10.9. The molecular formula is C12H17BrN2. The summed E-state index contributed by atoms with van der Waals surface area (Å²) in [6, 6.07) is 4.95. The van der Waals surface area contributed by atoms with E-state index in [1.165, 1.54) is 17.8 Å². The van der Waals surface area contributed by atoms with Crippen molar-refractivity contribution in [2.24, 2.45) is 0 Å². The average Bonchev–Trinajstić information content (AvgIpc) is 2.58. The molecule has 2 atom stereocenters. The van der Waals surface area contributed by atoms with Gasteiger partial charge in [0.1, 0.15) is 0 Å². The van der Waals surface area contributed by atoms with Gasteiger partial charge in [-0.2, -0.15) is 0 Å². The van der Waals surface area contributed by atoms with E-state index in [1.807, 2.05) is 6.20 Å². The molecule has 0 spiro atoms. The molecule has 3 heteroatoms. The van der Waals surface area contributed by atoms with Crippen LogP contribution in [0.15, 0.2) is 18.3 Å². The SMILES string of the molecule is CCc1cc(N2CC(Br)CC2C)ccn1. The molecule has 1 saturated heterocycles. The van der Waals surface area contributed by atoms with Crippen LogP contribution >= 0.6 is 15.9 Å². The van der Waals surface area contributed by atoms with E-state index in [4.69, 9.17) is 0 Å². The molecule has 0 radical (unpaired) electrons. The van der Waals surface area contributed by atoms with Crippen molar-refractivity contribution in [2.75, 3.05) is 11.4 Å². The molecule has 0 amide bonds. The molecule has 1 aromatic rings. The molecule has 1 aromatic heterocycles. The van der Waals surface area contributed by atoms with Gasteiger partial charge in [-0.3, -0.25) is 4.98 Å². The molecule has 2 nitrogen and oxygen atoms in total. The Kier molecular flexibility index (Phi) is 3.29. The minimum Gasteiger partial charge on any atom is -0.368 e. The quantitative estimate of drug-likeness (QED) is 0.767. The lowest BCUT2D eigenvalue weighted by molar-refractivity contribution is 0.737. The molecule has 2 unspecified atom stereocenters. The standard InChI is InChI=1S/C12H17BrN2/c1-3-11-7-12(4-5-14-11)15-8-10(13)6-9(15)2/h4-5,7,9-10H,3,6,8H2,1-2H3. The third kappa shape index (κ3) is 2.33. The van der Waals surface area contributed by atoms with Crippen LogP contribution in [0.3, 0.4) is 0 Å². The minimum absolute atomic E-state index is 0.626. The number of hydrogen-bond donors (Lipinski definition) is 0. The van der Waals surface area contributed by atoms with E-state index in [0.717, 1.165) is 13.0 Å². The van der Waals surface area contributed by atoms with Gasteiger partial charge in [0, 0.05) is 35.0 Å². The van der Waals surface area contributed by atoms with Gasteiger partial charge in [-0.1, -0.05) is 22.9 Å². The predicted octanol–water partition coefficient (Wildman–Crippen LogP) is 3.01. The Morgan fingerprint density at radius 3 is 3.00 bits per heavy atom. The van der Waals surface area contributed by atoms with Crippen molar-refractivity contribution in [1.29, 1.82) is 0 Å². The summed E-state index contributed by atoms with van der Waals surface area (Å²) < 4.78 is 0. The Balaban J connectivity index is 2.21. The van der Waals surface area contributed by atoms with Crippen molar-refractivity contribution in [3.8, 4) is 0 Å². The second kappa shape index (κ2) is 4.52. The molecule has 1 aliphatic heterocycles. The number of rotatable bonds is 2. The third-order valence-electron chi connectivity index (χ3n) is 3.02. The van der Waals surface area contributed by atoms with Gasteiger partial charge in [0.2, 0.25) is 0 Å². The number of hydrogen-bond acceptors (Lipinski definition) is 2. The summed E-state index contributed by atoms with van der Waals surface area (Å²) in [5.41, 5.74) is 2.49. The highest BCUT2D eigenvalue weighted by molar-refractivity contribution is 9.09. The molecule has 1 aliphatic rings. The van der Waals surface area contributed by atoms with Crippen LogP contribution < -0.4 is 4.90 Å². The summed E-state index contributed by atoms with van der Waals surface area (Å²) in [7, 11) is 0. The van der Waals surface area contributed by atoms with Crippen LogP contribution in [0.1, 0.15) is 26.0 Å². The topological polar surface area (TPSA) is 16.1 Å². The fraction of sp³-hybridized carbons (Fsp3) is 0.583. The van der Waals surface area contributed by atoms with Crippen molar-refractivity contribution in [1.82, 2.24) is 4.98 Å². The molecule has 0 bridgehead atoms. The lowest BCUT2D eigenvalue weighted by Crippen LogP contribution is -2.26. The monoisotopic (exact) mass is 268 g/mol. The zero-order valence-electron chi connectivity index (χ0n) is 9.28. The smallest absolute Gasteiger partial charge is 0.0421 e. The number of anilines is 1. The largest absolute Gasteiger partial charge is 0.368 e. The number of halogens is 1. The third-order valence-corrected chi connectivity index (χ3v) is 3.68. The fourth-order valence-electron chi connectivity index (χ4n) is 2.16. The van der Waals surface area contributed by atoms with Gasteiger partial charge < -0.3 is 4.90 Å². The minimum atomic E-state index is 0.626. The molecule has 15 heavy (non-hydrogen) atoms. The van der Waals surface area contributed by atoms with E-state index in [2.05, 4.69) is 51.8 Å². The molecule has 0 aromatic carbocycles. The van der Waals surface area contributed by atoms with Crippen molar-refractivity contribution in [2.45, 2.75) is 37.6 Å². The van der Waals surface area contributed by atoms with E-state index in [-0.39, 0.29) is 0 Å². The number of aryl methyl sites for hydroxylation is 1. The summed E-state index contributed by atoms with van der Waals surface area (Å²) in [5.74, 6) is 0. The first-order chi connectivity index (χ1) is 7.20. The van der Waals surface area contributed by atoms with E-state index < -0.39 is 0 Å². The van der Waals surface area contributed by atoms with Crippen LogP contribution in [0.25, 0.3) is 0 Å². The Labute approximate surface area is 99.8 Å². The van der Waals surface area contributed by atoms with E-state index in [1.54, 1.807) is 0 Å². The van der Waals surface area contributed by atoms with Gasteiger partial charge in [0.15, 0.2) is 0 Å². The maximum atomic E-state index is 4.33. The molecule has 2 rings (SSSR count). The number of alkyl halides is 1. The van der Waals surface area contributed by atoms with Gasteiger partial charge >= 0.3 is 0 Å². The lowest BCUT2D eigenvalue weighted by Gasteiger charge is -2.23. The van der Waals surface area contributed by atoms with Gasteiger partial charge in [-0.05, 0) is 31.9 Å². The average molecular weight is 269 g/mol. The van der Waals surface area contributed by atoms with E-state index in [9.17, 15) is 0 Å². The van der Waals surface area contributed by atoms with Gasteiger partial charge in [0.25, 0.3) is 0 Å². The van der Waals surface area contributed by atoms with Gasteiger partial charge in [-0.25, -0.2) is 0 Å². The highest BCUT2D eigenvalue weighted by Crippen LogP contribution is 2.28. The fourth-order valence-corrected chi connectivity index (χ4v) is 3.02. The summed E-state index contributed by atoms with van der Waals surface area (Å²) in [6.07, 6.45) is 4.15. The van der Waals surface area contributed by atoms with Gasteiger partial charge in [-0.15, -0.1) is 0 Å². The normalized spacial score (nSPS) is 25.9. The number of aromatic nitrogens is 1. The lowest BCUT2D eigenvalue weighted by atomic mass is 10.2. The Bertz CT molecular complexity index is 340. The van der Waals surface area contributed by atoms with Crippen LogP contribution in [-0.4, -0.2) is 22.4 Å². The molecule has 82 valence electrons. The molecule has 1 fully saturated rings. The summed E-state index contributed by atoms with van der Waals surface area (Å²) in [4.78, 5) is 7.42. The second-order valence-electron chi connectivity index (χ2n) is 4.19. The molecule has 0 N–H and O–H groups in total. The maximum Gasteiger partial charge on any atom is 0.0421 e. The predicted molar refractivity (Wildman–Crippen MR) is 67.8 cm³/mol. The Hall–Kier alpha value is -0.570. The summed E-state index contributed by atoms with van der Waals surface area (Å²) in [5, 5.41) is 0. The first kappa shape index (κ1) is 10.9. The number of nitrogens with zero attached hydrogens (tertiary/aromatic N) is 2. The van der Waals surface area contributed by atoms with Gasteiger partial charge in [0.05, 0.1) is 0 Å². The van der Waals surface area contributed by atoms with Crippen molar-refractivity contribution in [3.05, 3.63) is 24.0 Å². The highest BCUT2D eigenvalue weighted by atomic mass is 79.9. The maximum absolute atomic E-state index is 4.33. The molecular weight excluding hydrogens is 252 g/mol. The van der Waals surface area contributed by atoms with Crippen LogP contribution in [0.2, 0.25) is 0 Å². The highest BCUT2D eigenvalue weighted by Gasteiger charge is 2.27. The summed E-state index contributed by atoms with van der Waals surface area (Å²) in [6.45, 7) is 5.54. The molecule has 0 aliphatic carbocycles. The number of pyridine rings is 1. The summed E-state index contributed by atoms with van der Waals surface area (Å²) >= 11 is 3.69. The molecule has 0 saturated carbocycles. The van der Waals surface area contributed by atoms with Crippen LogP contribution in [0.5, 0.6) is 0 Å². The Morgan fingerprint density at radius 2 is 2.40 bits per heavy atom. The first-order valence-electron chi connectivity index (χ1n) is 5.56. The Morgan fingerprint density at radius 1 is 1.60 bits per heavy atom. The first-order valence-corrected chi connectivity index (χ1v) is 6.48. The van der Waals surface area contributed by atoms with Crippen LogP contribution in [0, 0.1) is 0 Å². The van der Waals surface area contributed by atoms with Crippen molar-refractivity contribution >= 4 is 21.6 Å². The van der Waals surface area contributed by atoms with Crippen molar-refractivity contribution in [3.63, 3.8) is 0 Å². The second-order valence-corrected chi connectivity index (χ2v) is 5.49. The van der Waals surface area contributed by atoms with Crippen LogP contribution in [0.4, 0.5) is 5.69 Å². The zero-order chi connectivity index (χ0) is 10.8. The van der Waals surface area contributed by atoms with Crippen molar-refractivity contribution < 1.29 is 0 Å². The molecule has 2 heterocycles. The van der Waals surface area contributed by atoms with E-state index in [0.29, 0.717) is 10.9 Å². The van der Waals surface area contributed by atoms with Crippen LogP contribution in [-0.2, 0) is 6.42 Å². The van der Waals surface area contributed by atoms with E-state index >= 15 is 0 Å².